The second kappa shape index (κ2) is 9.41. The van der Waals surface area contributed by atoms with Crippen LogP contribution < -0.4 is 15.5 Å². The highest BCUT2D eigenvalue weighted by Crippen LogP contribution is 2.12. The second-order valence-electron chi connectivity index (χ2n) is 6.19. The summed E-state index contributed by atoms with van der Waals surface area (Å²) in [7, 11) is 3.74. The van der Waals surface area contributed by atoms with E-state index in [1.54, 1.807) is 6.07 Å². The molecule has 7 heteroatoms. The Kier molecular flexibility index (Phi) is 6.96. The molecule has 0 radical (unpaired) electrons. The monoisotopic (exact) mass is 356 g/mol. The fourth-order valence-electron chi connectivity index (χ4n) is 2.50. The maximum Gasteiger partial charge on any atom is 0.320 e. The molecule has 26 heavy (non-hydrogen) atoms. The van der Waals surface area contributed by atoms with Crippen molar-refractivity contribution < 1.29 is 14.7 Å². The molecule has 2 aromatic rings. The first-order valence-corrected chi connectivity index (χ1v) is 8.41. The summed E-state index contributed by atoms with van der Waals surface area (Å²) < 4.78 is 0. The lowest BCUT2D eigenvalue weighted by molar-refractivity contribution is -0.137. The molecule has 2 rings (SSSR count). The molecule has 0 aliphatic heterocycles. The summed E-state index contributed by atoms with van der Waals surface area (Å²) in [6.07, 6.45) is 0.904. The summed E-state index contributed by atoms with van der Waals surface area (Å²) in [5.41, 5.74) is 1.04. The van der Waals surface area contributed by atoms with Crippen molar-refractivity contribution in [3.63, 3.8) is 0 Å². The predicted molar refractivity (Wildman–Crippen MR) is 102 cm³/mol. The van der Waals surface area contributed by atoms with Crippen LogP contribution in [-0.2, 0) is 11.2 Å². The lowest BCUT2D eigenvalue weighted by Crippen LogP contribution is -2.39. The largest absolute Gasteiger partial charge is 0.481 e. The number of aliphatic carboxylic acids is 1. The SMILES string of the molecule is CN(C)c1cccc(NC(=O)NC(CCC(=O)O)Cc2ccccc2)n1. The standard InChI is InChI=1S/C19H24N4O3/c1-23(2)17-10-6-9-16(21-17)22-19(26)20-15(11-12-18(24)25)13-14-7-4-3-5-8-14/h3-10,15H,11-13H2,1-2H3,(H,24,25)(H2,20,21,22,26). The van der Waals surface area contributed by atoms with Gasteiger partial charge in [0, 0.05) is 26.6 Å². The molecule has 0 fully saturated rings. The van der Waals surface area contributed by atoms with Gasteiger partial charge < -0.3 is 15.3 Å². The minimum absolute atomic E-state index is 0.00779. The summed E-state index contributed by atoms with van der Waals surface area (Å²) in [6.45, 7) is 0. The van der Waals surface area contributed by atoms with Gasteiger partial charge in [0.1, 0.15) is 11.6 Å². The third kappa shape index (κ3) is 6.43. The Morgan fingerprint density at radius 3 is 2.50 bits per heavy atom. The van der Waals surface area contributed by atoms with Gasteiger partial charge in [0.05, 0.1) is 0 Å². The molecule has 0 aliphatic carbocycles. The number of hydrogen-bond acceptors (Lipinski definition) is 4. The molecule has 1 atom stereocenters. The van der Waals surface area contributed by atoms with E-state index in [0.717, 1.165) is 11.4 Å². The fraction of sp³-hybridized carbons (Fsp3) is 0.316. The van der Waals surface area contributed by atoms with E-state index in [2.05, 4.69) is 15.6 Å². The zero-order valence-electron chi connectivity index (χ0n) is 15.0. The summed E-state index contributed by atoms with van der Waals surface area (Å²) in [5.74, 6) is 0.283. The van der Waals surface area contributed by atoms with Crippen LogP contribution >= 0.6 is 0 Å². The first kappa shape index (κ1) is 19.2. The minimum atomic E-state index is -0.884. The van der Waals surface area contributed by atoms with Crippen molar-refractivity contribution >= 4 is 23.6 Å². The molecule has 1 aromatic heterocycles. The number of carbonyl (C=O) groups is 2. The average molecular weight is 356 g/mol. The Morgan fingerprint density at radius 1 is 1.12 bits per heavy atom. The molecule has 3 N–H and O–H groups in total. The smallest absolute Gasteiger partial charge is 0.320 e. The van der Waals surface area contributed by atoms with E-state index in [-0.39, 0.29) is 12.5 Å². The number of amides is 2. The molecule has 0 spiro atoms. The van der Waals surface area contributed by atoms with Crippen LogP contribution in [0.5, 0.6) is 0 Å². The van der Waals surface area contributed by atoms with Gasteiger partial charge in [-0.3, -0.25) is 10.1 Å². The highest BCUT2D eigenvalue weighted by atomic mass is 16.4. The van der Waals surface area contributed by atoms with Crippen LogP contribution in [0.2, 0.25) is 0 Å². The van der Waals surface area contributed by atoms with E-state index in [1.165, 1.54) is 0 Å². The van der Waals surface area contributed by atoms with Crippen LogP contribution in [0.1, 0.15) is 18.4 Å². The number of anilines is 2. The number of benzene rings is 1. The molecule has 138 valence electrons. The van der Waals surface area contributed by atoms with E-state index >= 15 is 0 Å². The van der Waals surface area contributed by atoms with Gasteiger partial charge in [-0.15, -0.1) is 0 Å². The normalized spacial score (nSPS) is 11.5. The molecule has 0 saturated heterocycles. The van der Waals surface area contributed by atoms with Crippen molar-refractivity contribution in [2.45, 2.75) is 25.3 Å². The number of carbonyl (C=O) groups excluding carboxylic acids is 1. The van der Waals surface area contributed by atoms with Gasteiger partial charge in [-0.05, 0) is 30.5 Å². The number of aromatic nitrogens is 1. The lowest BCUT2D eigenvalue weighted by Gasteiger charge is -2.19. The number of carboxylic acid groups (broad SMARTS) is 1. The van der Waals surface area contributed by atoms with Gasteiger partial charge in [-0.2, -0.15) is 0 Å². The summed E-state index contributed by atoms with van der Waals surface area (Å²) in [6, 6.07) is 14.3. The van der Waals surface area contributed by atoms with E-state index in [0.29, 0.717) is 18.7 Å². The number of rotatable bonds is 8. The second-order valence-corrected chi connectivity index (χ2v) is 6.19. The third-order valence-corrected chi connectivity index (χ3v) is 3.80. The lowest BCUT2D eigenvalue weighted by atomic mass is 10.0. The van der Waals surface area contributed by atoms with Crippen LogP contribution in [0.3, 0.4) is 0 Å². The first-order valence-electron chi connectivity index (χ1n) is 8.41. The Hall–Kier alpha value is -3.09. The Morgan fingerprint density at radius 2 is 1.85 bits per heavy atom. The molecule has 2 amide bonds. The van der Waals surface area contributed by atoms with E-state index in [4.69, 9.17) is 5.11 Å². The van der Waals surface area contributed by atoms with Crippen LogP contribution in [0.25, 0.3) is 0 Å². The van der Waals surface area contributed by atoms with Gasteiger partial charge in [-0.25, -0.2) is 9.78 Å². The van der Waals surface area contributed by atoms with Crippen LogP contribution in [-0.4, -0.2) is 42.2 Å². The zero-order valence-corrected chi connectivity index (χ0v) is 15.0. The van der Waals surface area contributed by atoms with Gasteiger partial charge in [0.2, 0.25) is 0 Å². The maximum absolute atomic E-state index is 12.3. The molecule has 0 bridgehead atoms. The Bertz CT molecular complexity index is 735. The molecule has 0 saturated carbocycles. The molecule has 0 aliphatic rings. The van der Waals surface area contributed by atoms with Crippen LogP contribution in [0.4, 0.5) is 16.4 Å². The third-order valence-electron chi connectivity index (χ3n) is 3.80. The molecular weight excluding hydrogens is 332 g/mol. The maximum atomic E-state index is 12.3. The molecular formula is C19H24N4O3. The molecule has 1 aromatic carbocycles. The van der Waals surface area contributed by atoms with Crippen molar-refractivity contribution in [2.75, 3.05) is 24.3 Å². The van der Waals surface area contributed by atoms with Crippen molar-refractivity contribution in [3.05, 3.63) is 54.1 Å². The van der Waals surface area contributed by atoms with Gasteiger partial charge in [0.15, 0.2) is 0 Å². The first-order chi connectivity index (χ1) is 12.4. The van der Waals surface area contributed by atoms with E-state index in [9.17, 15) is 9.59 Å². The van der Waals surface area contributed by atoms with Gasteiger partial charge in [0.25, 0.3) is 0 Å². The number of pyridine rings is 1. The number of urea groups is 1. The van der Waals surface area contributed by atoms with E-state index < -0.39 is 12.0 Å². The highest BCUT2D eigenvalue weighted by Gasteiger charge is 2.15. The van der Waals surface area contributed by atoms with Crippen LogP contribution in [0.15, 0.2) is 48.5 Å². The molecule has 1 heterocycles. The fourth-order valence-corrected chi connectivity index (χ4v) is 2.50. The number of nitrogens with one attached hydrogen (secondary N) is 2. The Labute approximate surface area is 153 Å². The van der Waals surface area contributed by atoms with Crippen molar-refractivity contribution in [3.8, 4) is 0 Å². The minimum Gasteiger partial charge on any atom is -0.481 e. The van der Waals surface area contributed by atoms with Crippen molar-refractivity contribution in [2.24, 2.45) is 0 Å². The number of hydrogen-bond donors (Lipinski definition) is 3. The summed E-state index contributed by atoms with van der Waals surface area (Å²) in [4.78, 5) is 29.4. The quantitative estimate of drug-likeness (QED) is 0.676. The van der Waals surface area contributed by atoms with Crippen molar-refractivity contribution in [1.29, 1.82) is 0 Å². The van der Waals surface area contributed by atoms with Gasteiger partial charge >= 0.3 is 12.0 Å². The topological polar surface area (TPSA) is 94.6 Å². The number of nitrogens with zero attached hydrogens (tertiary/aromatic N) is 2. The highest BCUT2D eigenvalue weighted by molar-refractivity contribution is 5.88. The Balaban J connectivity index is 2.00. The summed E-state index contributed by atoms with van der Waals surface area (Å²) in [5, 5.41) is 14.5. The predicted octanol–water partition coefficient (Wildman–Crippen LogP) is 2.75. The van der Waals surface area contributed by atoms with Gasteiger partial charge in [-0.1, -0.05) is 36.4 Å². The summed E-state index contributed by atoms with van der Waals surface area (Å²) >= 11 is 0. The molecule has 1 unspecified atom stereocenters. The number of carboxylic acids is 1. The van der Waals surface area contributed by atoms with Crippen molar-refractivity contribution in [1.82, 2.24) is 10.3 Å². The van der Waals surface area contributed by atoms with E-state index in [1.807, 2.05) is 61.5 Å². The molecule has 7 nitrogen and oxygen atoms in total. The zero-order chi connectivity index (χ0) is 18.9. The average Bonchev–Trinajstić information content (AvgIpc) is 2.60. The van der Waals surface area contributed by atoms with Crippen LogP contribution in [0, 0.1) is 0 Å².